The van der Waals surface area contributed by atoms with Gasteiger partial charge in [0.2, 0.25) is 11.8 Å². The van der Waals surface area contributed by atoms with Crippen LogP contribution in [0.3, 0.4) is 0 Å². The Kier molecular flexibility index (Phi) is 7.48. The van der Waals surface area contributed by atoms with Gasteiger partial charge in [0.25, 0.3) is 11.8 Å². The number of nitrogens with one attached hydrogen (secondary N) is 3. The molecule has 3 N–H and O–H groups in total. The third-order valence-corrected chi connectivity index (χ3v) is 8.06. The molecule has 0 radical (unpaired) electrons. The van der Waals surface area contributed by atoms with Crippen molar-refractivity contribution in [2.24, 2.45) is 17.8 Å². The summed E-state index contributed by atoms with van der Waals surface area (Å²) in [5, 5.41) is 12.7. The Morgan fingerprint density at radius 2 is 1.77 bits per heavy atom. The maximum absolute atomic E-state index is 13.7. The van der Waals surface area contributed by atoms with Crippen molar-refractivity contribution in [1.29, 1.82) is 0 Å². The summed E-state index contributed by atoms with van der Waals surface area (Å²) >= 11 is 0. The van der Waals surface area contributed by atoms with Crippen LogP contribution >= 0.6 is 0 Å². The second-order valence-corrected chi connectivity index (χ2v) is 11.7. The number of carbonyl (C=O) groups excluding carboxylic acids is 3. The largest absolute Gasteiger partial charge is 0.350 e. The number of amides is 3. The van der Waals surface area contributed by atoms with Crippen LogP contribution in [0.15, 0.2) is 30.5 Å². The lowest BCUT2D eigenvalue weighted by molar-refractivity contribution is -0.124. The first kappa shape index (κ1) is 27.3. The molecule has 1 aromatic heterocycles. The Hall–Kier alpha value is -3.30. The molecule has 3 aliphatic carbocycles. The van der Waals surface area contributed by atoms with Gasteiger partial charge >= 0.3 is 0 Å². The standard InChI is InChI=1S/C29H37F2N5O3/c1-16(2)36-23(12-13-33-36)27(38)35-25(24(17-4-5-17)18-6-7-18)28(39)34-20-9-11-21-19(14-20)8-10-22(21)26(37)32-15-29(3,30)31/h9,11-14,16-18,22,24-25H,4-8,10,15H2,1-3H3,(H,32,37)(H,34,39)(H,35,38)/t22?,25-/m0/s1. The second-order valence-electron chi connectivity index (χ2n) is 11.7. The van der Waals surface area contributed by atoms with E-state index in [4.69, 9.17) is 0 Å². The molecule has 0 aliphatic heterocycles. The number of hydrogen-bond donors (Lipinski definition) is 3. The molecule has 0 spiro atoms. The summed E-state index contributed by atoms with van der Waals surface area (Å²) in [7, 11) is 0. The molecule has 210 valence electrons. The van der Waals surface area contributed by atoms with E-state index in [0.29, 0.717) is 36.1 Å². The van der Waals surface area contributed by atoms with E-state index in [2.05, 4.69) is 21.0 Å². The number of aryl methyl sites for hydroxylation is 1. The number of halogens is 2. The third-order valence-electron chi connectivity index (χ3n) is 8.06. The maximum atomic E-state index is 13.7. The maximum Gasteiger partial charge on any atom is 0.270 e. The molecule has 1 aromatic carbocycles. The van der Waals surface area contributed by atoms with Gasteiger partial charge in [-0.05, 0) is 99.5 Å². The molecule has 3 amide bonds. The van der Waals surface area contributed by atoms with E-state index in [0.717, 1.165) is 43.7 Å². The molecule has 2 aromatic rings. The molecular weight excluding hydrogens is 504 g/mol. The van der Waals surface area contributed by atoms with Gasteiger partial charge in [-0.2, -0.15) is 5.10 Å². The molecule has 2 atom stereocenters. The van der Waals surface area contributed by atoms with Gasteiger partial charge in [0.15, 0.2) is 0 Å². The SMILES string of the molecule is CC(C)n1nccc1C(=O)N[C@H](C(=O)Nc1ccc2c(c1)CCC2C(=O)NCC(C)(F)F)C(C1CC1)C1CC1. The number of nitrogens with zero attached hydrogens (tertiary/aromatic N) is 2. The molecule has 2 saturated carbocycles. The first-order chi connectivity index (χ1) is 18.5. The van der Waals surface area contributed by atoms with Crippen molar-refractivity contribution in [1.82, 2.24) is 20.4 Å². The number of aromatic nitrogens is 2. The number of anilines is 1. The fourth-order valence-corrected chi connectivity index (χ4v) is 5.90. The molecule has 39 heavy (non-hydrogen) atoms. The Labute approximate surface area is 227 Å². The highest BCUT2D eigenvalue weighted by Crippen LogP contribution is 2.51. The Morgan fingerprint density at radius 3 is 2.38 bits per heavy atom. The monoisotopic (exact) mass is 541 g/mol. The molecule has 5 rings (SSSR count). The van der Waals surface area contributed by atoms with Crippen LogP contribution in [0.4, 0.5) is 14.5 Å². The van der Waals surface area contributed by atoms with Crippen LogP contribution in [0.1, 0.15) is 86.5 Å². The highest BCUT2D eigenvalue weighted by Gasteiger charge is 2.48. The van der Waals surface area contributed by atoms with Crippen molar-refractivity contribution in [3.63, 3.8) is 0 Å². The minimum absolute atomic E-state index is 0.00599. The van der Waals surface area contributed by atoms with Crippen LogP contribution in [0, 0.1) is 17.8 Å². The van der Waals surface area contributed by atoms with Crippen LogP contribution in [0.5, 0.6) is 0 Å². The second kappa shape index (κ2) is 10.7. The molecule has 10 heteroatoms. The lowest BCUT2D eigenvalue weighted by Crippen LogP contribution is -2.50. The molecule has 1 heterocycles. The van der Waals surface area contributed by atoms with Crippen LogP contribution in [0.2, 0.25) is 0 Å². The van der Waals surface area contributed by atoms with Gasteiger partial charge in [-0.3, -0.25) is 19.1 Å². The zero-order valence-corrected chi connectivity index (χ0v) is 22.7. The van der Waals surface area contributed by atoms with E-state index in [1.807, 2.05) is 19.9 Å². The summed E-state index contributed by atoms with van der Waals surface area (Å²) in [5.74, 6) is -3.48. The first-order valence-electron chi connectivity index (χ1n) is 14.0. The summed E-state index contributed by atoms with van der Waals surface area (Å²) in [6.45, 7) is 3.98. The predicted octanol–water partition coefficient (Wildman–Crippen LogP) is 4.44. The lowest BCUT2D eigenvalue weighted by Gasteiger charge is -2.28. The number of alkyl halides is 2. The topological polar surface area (TPSA) is 105 Å². The summed E-state index contributed by atoms with van der Waals surface area (Å²) in [4.78, 5) is 39.6. The molecule has 0 saturated heterocycles. The highest BCUT2D eigenvalue weighted by molar-refractivity contribution is 6.01. The quantitative estimate of drug-likeness (QED) is 0.391. The summed E-state index contributed by atoms with van der Waals surface area (Å²) in [6.07, 6.45) is 7.00. The number of hydrogen-bond acceptors (Lipinski definition) is 4. The van der Waals surface area contributed by atoms with Gasteiger partial charge in [0.1, 0.15) is 11.7 Å². The van der Waals surface area contributed by atoms with Gasteiger partial charge in [-0.1, -0.05) is 6.07 Å². The van der Waals surface area contributed by atoms with E-state index < -0.39 is 30.3 Å². The van der Waals surface area contributed by atoms with Crippen molar-refractivity contribution in [2.75, 3.05) is 11.9 Å². The molecule has 2 fully saturated rings. The van der Waals surface area contributed by atoms with Gasteiger partial charge in [-0.15, -0.1) is 0 Å². The van der Waals surface area contributed by atoms with Crippen molar-refractivity contribution in [2.45, 2.75) is 83.2 Å². The number of carbonyl (C=O) groups is 3. The molecular formula is C29H37F2N5O3. The molecule has 3 aliphatic rings. The van der Waals surface area contributed by atoms with E-state index >= 15 is 0 Å². The summed E-state index contributed by atoms with van der Waals surface area (Å²) < 4.78 is 28.1. The van der Waals surface area contributed by atoms with Crippen molar-refractivity contribution in [3.8, 4) is 0 Å². The van der Waals surface area contributed by atoms with Crippen LogP contribution in [-0.4, -0.2) is 46.0 Å². The minimum atomic E-state index is -2.97. The number of rotatable bonds is 11. The van der Waals surface area contributed by atoms with Crippen LogP contribution in [-0.2, 0) is 16.0 Å². The Morgan fingerprint density at radius 1 is 1.08 bits per heavy atom. The van der Waals surface area contributed by atoms with Crippen molar-refractivity contribution in [3.05, 3.63) is 47.3 Å². The number of fused-ring (bicyclic) bond motifs is 1. The third kappa shape index (κ3) is 6.31. The van der Waals surface area contributed by atoms with Gasteiger partial charge in [0.05, 0.1) is 12.5 Å². The smallest absolute Gasteiger partial charge is 0.270 e. The Bertz CT molecular complexity index is 1230. The normalized spacial score (nSPS) is 19.6. The Balaban J connectivity index is 1.31. The van der Waals surface area contributed by atoms with Crippen molar-refractivity contribution < 1.29 is 23.2 Å². The molecule has 8 nitrogen and oxygen atoms in total. The zero-order chi connectivity index (χ0) is 27.9. The van der Waals surface area contributed by atoms with E-state index in [-0.39, 0.29) is 23.8 Å². The van der Waals surface area contributed by atoms with Crippen LogP contribution in [0.25, 0.3) is 0 Å². The fraction of sp³-hybridized carbons (Fsp3) is 0.586. The van der Waals surface area contributed by atoms with Gasteiger partial charge in [-0.25, -0.2) is 8.78 Å². The average Bonchev–Trinajstić information content (AvgIpc) is 3.80. The summed E-state index contributed by atoms with van der Waals surface area (Å²) in [6, 6.07) is 6.39. The van der Waals surface area contributed by atoms with Crippen LogP contribution < -0.4 is 16.0 Å². The van der Waals surface area contributed by atoms with Gasteiger partial charge < -0.3 is 16.0 Å². The minimum Gasteiger partial charge on any atom is -0.350 e. The van der Waals surface area contributed by atoms with E-state index in [1.54, 1.807) is 29.1 Å². The van der Waals surface area contributed by atoms with Crippen molar-refractivity contribution >= 4 is 23.4 Å². The zero-order valence-electron chi connectivity index (χ0n) is 22.7. The summed E-state index contributed by atoms with van der Waals surface area (Å²) in [5.41, 5.74) is 2.73. The number of benzene rings is 1. The van der Waals surface area contributed by atoms with E-state index in [9.17, 15) is 23.2 Å². The first-order valence-corrected chi connectivity index (χ1v) is 14.0. The molecule has 1 unspecified atom stereocenters. The predicted molar refractivity (Wildman–Crippen MR) is 143 cm³/mol. The molecule has 0 bridgehead atoms. The lowest BCUT2D eigenvalue weighted by atomic mass is 9.88. The van der Waals surface area contributed by atoms with E-state index in [1.165, 1.54) is 0 Å². The van der Waals surface area contributed by atoms with Gasteiger partial charge in [0, 0.05) is 24.8 Å². The highest BCUT2D eigenvalue weighted by atomic mass is 19.3. The average molecular weight is 542 g/mol. The fourth-order valence-electron chi connectivity index (χ4n) is 5.90.